The number of fused-ring (bicyclic) bond motifs is 1. The van der Waals surface area contributed by atoms with Gasteiger partial charge >= 0.3 is 12.3 Å². The third-order valence-corrected chi connectivity index (χ3v) is 5.84. The van der Waals surface area contributed by atoms with E-state index in [1.54, 1.807) is 0 Å². The van der Waals surface area contributed by atoms with E-state index in [9.17, 15) is 30.7 Å². The molecule has 0 amide bonds. The number of rotatable bonds is 8. The lowest BCUT2D eigenvalue weighted by atomic mass is 10.0. The molecule has 202 valence electrons. The summed E-state index contributed by atoms with van der Waals surface area (Å²) in [5, 5.41) is -0.541. The van der Waals surface area contributed by atoms with E-state index in [0.717, 1.165) is 55.4 Å². The van der Waals surface area contributed by atoms with Gasteiger partial charge in [-0.3, -0.25) is 0 Å². The van der Waals surface area contributed by atoms with Crippen LogP contribution in [0.4, 0.5) is 30.7 Å². The first-order valence-electron chi connectivity index (χ1n) is 12.0. The second-order valence-corrected chi connectivity index (χ2v) is 8.75. The van der Waals surface area contributed by atoms with E-state index in [-0.39, 0.29) is 10.8 Å². The Morgan fingerprint density at radius 1 is 0.846 bits per heavy atom. The Balaban J connectivity index is 1.52. The molecule has 3 nitrogen and oxygen atoms in total. The molecule has 0 spiro atoms. The number of ether oxygens (including phenoxy) is 1. The molecule has 4 rings (SSSR count). The van der Waals surface area contributed by atoms with E-state index in [4.69, 9.17) is 4.74 Å². The van der Waals surface area contributed by atoms with Crippen molar-refractivity contribution in [2.24, 2.45) is 0 Å². The van der Waals surface area contributed by atoms with E-state index < -0.39 is 41.1 Å². The monoisotopic (exact) mass is 546 g/mol. The molecular weight excluding hydrogens is 525 g/mol. The summed E-state index contributed by atoms with van der Waals surface area (Å²) in [5.41, 5.74) is 1.36. The van der Waals surface area contributed by atoms with Crippen LogP contribution in [0.25, 0.3) is 21.9 Å². The number of alkyl halides is 5. The van der Waals surface area contributed by atoms with Gasteiger partial charge in [0.2, 0.25) is 5.82 Å². The average Bonchev–Trinajstić information content (AvgIpc) is 2.88. The Kier molecular flexibility index (Phi) is 8.09. The number of halogens is 7. The van der Waals surface area contributed by atoms with Crippen LogP contribution >= 0.6 is 0 Å². The number of hydrogen-bond donors (Lipinski definition) is 0. The fraction of sp³-hybridized carbons (Fsp3) is 0.241. The third kappa shape index (κ3) is 6.85. The van der Waals surface area contributed by atoms with Crippen molar-refractivity contribution in [1.82, 2.24) is 9.97 Å². The summed E-state index contributed by atoms with van der Waals surface area (Å²) in [4.78, 5) is 7.47. The fourth-order valence-corrected chi connectivity index (χ4v) is 3.88. The summed E-state index contributed by atoms with van der Waals surface area (Å²) in [7, 11) is 0. The molecule has 0 aliphatic rings. The largest absolute Gasteiger partial charge is 0.462 e. The normalized spacial score (nSPS) is 11.8. The second kappa shape index (κ2) is 11.3. The molecule has 1 heterocycles. The summed E-state index contributed by atoms with van der Waals surface area (Å²) in [6.45, 7) is 2.13. The first kappa shape index (κ1) is 27.9. The molecule has 0 fully saturated rings. The van der Waals surface area contributed by atoms with Crippen molar-refractivity contribution in [2.75, 3.05) is 0 Å². The van der Waals surface area contributed by atoms with Crippen LogP contribution in [0.3, 0.4) is 0 Å². The molecule has 1 aromatic heterocycles. The number of unbranched alkanes of at least 4 members (excludes halogenated alkanes) is 2. The molecule has 0 N–H and O–H groups in total. The molecule has 3 aromatic carbocycles. The molecule has 0 saturated heterocycles. The van der Waals surface area contributed by atoms with Gasteiger partial charge in [0.1, 0.15) is 17.4 Å². The zero-order chi connectivity index (χ0) is 28.2. The molecule has 10 heteroatoms. The van der Waals surface area contributed by atoms with Crippen LogP contribution in [-0.4, -0.2) is 16.1 Å². The van der Waals surface area contributed by atoms with E-state index in [1.807, 2.05) is 24.3 Å². The third-order valence-electron chi connectivity index (χ3n) is 5.84. The fourth-order valence-electron chi connectivity index (χ4n) is 3.88. The van der Waals surface area contributed by atoms with Crippen LogP contribution < -0.4 is 4.74 Å². The van der Waals surface area contributed by atoms with Gasteiger partial charge in [0.05, 0.1) is 5.56 Å². The summed E-state index contributed by atoms with van der Waals surface area (Å²) in [5.74, 6) is -1.91. The topological polar surface area (TPSA) is 35.0 Å². The van der Waals surface area contributed by atoms with Crippen molar-refractivity contribution in [1.29, 1.82) is 0 Å². The number of nitrogens with zero attached hydrogens (tertiary/aromatic N) is 2. The summed E-state index contributed by atoms with van der Waals surface area (Å²) >= 11 is 0. The van der Waals surface area contributed by atoms with Gasteiger partial charge in [0.25, 0.3) is 0 Å². The van der Waals surface area contributed by atoms with Gasteiger partial charge in [0, 0.05) is 29.3 Å². The lowest BCUT2D eigenvalue weighted by Gasteiger charge is -2.17. The van der Waals surface area contributed by atoms with Gasteiger partial charge in [-0.05, 0) is 53.6 Å². The predicted octanol–water partition coefficient (Wildman–Crippen LogP) is 8.35. The summed E-state index contributed by atoms with van der Waals surface area (Å²) in [6, 6.07) is 11.2. The number of aromatic nitrogens is 2. The number of aryl methyl sites for hydroxylation is 1. The Morgan fingerprint density at radius 3 is 2.18 bits per heavy atom. The van der Waals surface area contributed by atoms with E-state index in [0.29, 0.717) is 11.6 Å². The maximum atomic E-state index is 14.8. The van der Waals surface area contributed by atoms with Gasteiger partial charge in [-0.1, -0.05) is 50.0 Å². The highest BCUT2D eigenvalue weighted by Crippen LogP contribution is 2.33. The maximum Gasteiger partial charge on any atom is 0.462 e. The molecule has 0 aliphatic heterocycles. The first-order valence-corrected chi connectivity index (χ1v) is 12.0. The SMILES string of the molecule is CCCCCc1ccc(-c2cnc(C(F)(F)Oc3ccc4c(F)c(C#CC(F)(F)F)c(F)cc4c3)nc2)cc1. The maximum absolute atomic E-state index is 14.8. The zero-order valence-electron chi connectivity index (χ0n) is 20.6. The smallest absolute Gasteiger partial charge is 0.427 e. The quantitative estimate of drug-likeness (QED) is 0.127. The Hall–Kier alpha value is -4.13. The Morgan fingerprint density at radius 2 is 1.54 bits per heavy atom. The van der Waals surface area contributed by atoms with Crippen molar-refractivity contribution >= 4 is 10.8 Å². The van der Waals surface area contributed by atoms with Gasteiger partial charge < -0.3 is 4.74 Å². The van der Waals surface area contributed by atoms with Gasteiger partial charge in [-0.15, -0.1) is 0 Å². The van der Waals surface area contributed by atoms with E-state index in [2.05, 4.69) is 16.9 Å². The van der Waals surface area contributed by atoms with E-state index in [1.165, 1.54) is 23.9 Å². The molecular formula is C29H21F7N2O. The molecule has 0 saturated carbocycles. The predicted molar refractivity (Wildman–Crippen MR) is 132 cm³/mol. The van der Waals surface area contributed by atoms with Crippen molar-refractivity contribution in [3.05, 3.63) is 89.5 Å². The molecule has 0 atom stereocenters. The average molecular weight is 546 g/mol. The minimum Gasteiger partial charge on any atom is -0.427 e. The second-order valence-electron chi connectivity index (χ2n) is 8.75. The van der Waals surface area contributed by atoms with Gasteiger partial charge in [0.15, 0.2) is 0 Å². The minimum atomic E-state index is -4.95. The van der Waals surface area contributed by atoms with Crippen LogP contribution in [0.15, 0.2) is 60.9 Å². The van der Waals surface area contributed by atoms with Crippen LogP contribution in [0.5, 0.6) is 5.75 Å². The lowest BCUT2D eigenvalue weighted by Crippen LogP contribution is -2.24. The van der Waals surface area contributed by atoms with Crippen molar-refractivity contribution in [3.8, 4) is 28.7 Å². The summed E-state index contributed by atoms with van der Waals surface area (Å²) in [6.07, 6.45) is -2.17. The van der Waals surface area contributed by atoms with Crippen molar-refractivity contribution in [3.63, 3.8) is 0 Å². The first-order chi connectivity index (χ1) is 18.5. The van der Waals surface area contributed by atoms with Crippen molar-refractivity contribution in [2.45, 2.75) is 44.9 Å². The molecule has 0 unspecified atom stereocenters. The highest BCUT2D eigenvalue weighted by atomic mass is 19.4. The molecule has 0 aliphatic carbocycles. The number of hydrogen-bond acceptors (Lipinski definition) is 3. The van der Waals surface area contributed by atoms with E-state index >= 15 is 0 Å². The molecule has 0 radical (unpaired) electrons. The zero-order valence-corrected chi connectivity index (χ0v) is 20.6. The Labute approximate surface area is 219 Å². The lowest BCUT2D eigenvalue weighted by molar-refractivity contribution is -0.191. The minimum absolute atomic E-state index is 0.217. The van der Waals surface area contributed by atoms with Crippen molar-refractivity contribution < 1.29 is 35.5 Å². The molecule has 0 bridgehead atoms. The standard InChI is InChI=1S/C29H21F7N2O/c1-2-3-4-5-18-6-8-19(9-7-18)21-16-37-27(38-17-21)29(35,36)39-22-10-11-23-20(14-22)15-25(30)24(26(23)31)12-13-28(32,33)34/h6-11,14-17H,2-5H2,1H3. The summed E-state index contributed by atoms with van der Waals surface area (Å²) < 4.78 is 100. The van der Waals surface area contributed by atoms with Gasteiger partial charge in [-0.25, -0.2) is 18.7 Å². The van der Waals surface area contributed by atoms with Crippen LogP contribution in [0, 0.1) is 23.5 Å². The molecule has 4 aromatic rings. The van der Waals surface area contributed by atoms with Crippen LogP contribution in [0.2, 0.25) is 0 Å². The van der Waals surface area contributed by atoms with Gasteiger partial charge in [-0.2, -0.15) is 22.0 Å². The highest BCUT2D eigenvalue weighted by Gasteiger charge is 2.38. The highest BCUT2D eigenvalue weighted by molar-refractivity contribution is 5.86. The van der Waals surface area contributed by atoms with Crippen LogP contribution in [0.1, 0.15) is 43.1 Å². The number of benzene rings is 3. The molecule has 39 heavy (non-hydrogen) atoms. The Bertz CT molecular complexity index is 1520. The van der Waals surface area contributed by atoms with Crippen LogP contribution in [-0.2, 0) is 12.5 Å².